The molecule has 0 fully saturated rings. The molecular weight excluding hydrogens is 226 g/mol. The lowest BCUT2D eigenvalue weighted by Crippen LogP contribution is -2.01. The van der Waals surface area contributed by atoms with Crippen molar-refractivity contribution in [2.24, 2.45) is 0 Å². The van der Waals surface area contributed by atoms with E-state index in [4.69, 9.17) is 0 Å². The first kappa shape index (κ1) is 12.6. The van der Waals surface area contributed by atoms with Crippen LogP contribution in [-0.4, -0.2) is 15.9 Å². The number of aryl methyl sites for hydroxylation is 1. The SMILES string of the molecule is CCCCc1cc2ccncc2c(O)c1C(C)=O. The minimum absolute atomic E-state index is 0.0687. The Morgan fingerprint density at radius 2 is 2.22 bits per heavy atom. The number of ketones is 1. The van der Waals surface area contributed by atoms with Crippen LogP contribution in [0.3, 0.4) is 0 Å². The van der Waals surface area contributed by atoms with Gasteiger partial charge in [-0.05, 0) is 36.8 Å². The molecule has 0 spiro atoms. The highest BCUT2D eigenvalue weighted by Crippen LogP contribution is 2.32. The number of fused-ring (bicyclic) bond motifs is 1. The maximum absolute atomic E-state index is 11.7. The molecule has 3 heteroatoms. The molecule has 1 heterocycles. The van der Waals surface area contributed by atoms with Crippen LogP contribution in [0.4, 0.5) is 0 Å². The molecule has 0 aliphatic rings. The van der Waals surface area contributed by atoms with Crippen LogP contribution in [0.25, 0.3) is 10.8 Å². The summed E-state index contributed by atoms with van der Waals surface area (Å²) >= 11 is 0. The molecule has 0 unspecified atom stereocenters. The third kappa shape index (κ3) is 2.21. The van der Waals surface area contributed by atoms with Crippen molar-refractivity contribution >= 4 is 16.6 Å². The van der Waals surface area contributed by atoms with Gasteiger partial charge in [-0.25, -0.2) is 0 Å². The van der Waals surface area contributed by atoms with Crippen molar-refractivity contribution in [2.45, 2.75) is 33.1 Å². The maximum Gasteiger partial charge on any atom is 0.163 e. The summed E-state index contributed by atoms with van der Waals surface area (Å²) in [6, 6.07) is 3.84. The van der Waals surface area contributed by atoms with E-state index in [1.807, 2.05) is 12.1 Å². The number of hydrogen-bond acceptors (Lipinski definition) is 3. The number of carbonyl (C=O) groups is 1. The van der Waals surface area contributed by atoms with E-state index >= 15 is 0 Å². The highest BCUT2D eigenvalue weighted by atomic mass is 16.3. The van der Waals surface area contributed by atoms with Crippen LogP contribution in [0, 0.1) is 0 Å². The number of Topliss-reactive ketones (excluding diaryl/α,β-unsaturated/α-hetero) is 1. The smallest absolute Gasteiger partial charge is 0.163 e. The fourth-order valence-corrected chi connectivity index (χ4v) is 2.23. The van der Waals surface area contributed by atoms with Crippen molar-refractivity contribution in [1.82, 2.24) is 4.98 Å². The number of hydrogen-bond donors (Lipinski definition) is 1. The van der Waals surface area contributed by atoms with E-state index in [-0.39, 0.29) is 11.5 Å². The van der Waals surface area contributed by atoms with Crippen molar-refractivity contribution in [2.75, 3.05) is 0 Å². The predicted molar refractivity (Wildman–Crippen MR) is 72.0 cm³/mol. The van der Waals surface area contributed by atoms with Gasteiger partial charge < -0.3 is 5.11 Å². The van der Waals surface area contributed by atoms with E-state index in [0.717, 1.165) is 30.2 Å². The topological polar surface area (TPSA) is 50.2 Å². The fraction of sp³-hybridized carbons (Fsp3) is 0.333. The van der Waals surface area contributed by atoms with Crippen molar-refractivity contribution in [3.63, 3.8) is 0 Å². The van der Waals surface area contributed by atoms with Gasteiger partial charge >= 0.3 is 0 Å². The summed E-state index contributed by atoms with van der Waals surface area (Å²) in [6.07, 6.45) is 6.18. The number of phenols is 1. The summed E-state index contributed by atoms with van der Waals surface area (Å²) in [6.45, 7) is 3.60. The van der Waals surface area contributed by atoms with E-state index < -0.39 is 0 Å². The van der Waals surface area contributed by atoms with Crippen LogP contribution in [0.15, 0.2) is 24.5 Å². The zero-order chi connectivity index (χ0) is 13.1. The van der Waals surface area contributed by atoms with Crippen LogP contribution >= 0.6 is 0 Å². The number of aromatic nitrogens is 1. The Labute approximate surface area is 106 Å². The summed E-state index contributed by atoms with van der Waals surface area (Å²) in [7, 11) is 0. The van der Waals surface area contributed by atoms with E-state index in [2.05, 4.69) is 11.9 Å². The van der Waals surface area contributed by atoms with Gasteiger partial charge in [0.1, 0.15) is 5.75 Å². The molecule has 0 radical (unpaired) electrons. The van der Waals surface area contributed by atoms with Crippen LogP contribution in [0.1, 0.15) is 42.6 Å². The molecule has 0 amide bonds. The van der Waals surface area contributed by atoms with E-state index in [9.17, 15) is 9.90 Å². The number of phenolic OH excluding ortho intramolecular Hbond substituents is 1. The second-order valence-corrected chi connectivity index (χ2v) is 4.52. The average Bonchev–Trinajstić information content (AvgIpc) is 2.36. The Hall–Kier alpha value is -1.90. The Kier molecular flexibility index (Phi) is 3.60. The van der Waals surface area contributed by atoms with Crippen molar-refractivity contribution < 1.29 is 9.90 Å². The molecule has 1 aromatic heterocycles. The first-order chi connectivity index (χ1) is 8.65. The van der Waals surface area contributed by atoms with Gasteiger partial charge in [0.2, 0.25) is 0 Å². The molecule has 18 heavy (non-hydrogen) atoms. The highest BCUT2D eigenvalue weighted by molar-refractivity contribution is 6.04. The second-order valence-electron chi connectivity index (χ2n) is 4.52. The number of aromatic hydroxyl groups is 1. The van der Waals surface area contributed by atoms with Crippen molar-refractivity contribution in [3.8, 4) is 5.75 Å². The number of carbonyl (C=O) groups excluding carboxylic acids is 1. The molecule has 0 bridgehead atoms. The Morgan fingerprint density at radius 3 is 2.89 bits per heavy atom. The van der Waals surface area contributed by atoms with Crippen molar-refractivity contribution in [1.29, 1.82) is 0 Å². The van der Waals surface area contributed by atoms with E-state index in [1.165, 1.54) is 6.92 Å². The van der Waals surface area contributed by atoms with Gasteiger partial charge in [0.15, 0.2) is 5.78 Å². The summed E-state index contributed by atoms with van der Waals surface area (Å²) in [4.78, 5) is 15.7. The fourth-order valence-electron chi connectivity index (χ4n) is 2.23. The molecular formula is C15H17NO2. The average molecular weight is 243 g/mol. The Morgan fingerprint density at radius 1 is 1.44 bits per heavy atom. The van der Waals surface area contributed by atoms with Gasteiger partial charge in [-0.3, -0.25) is 9.78 Å². The standard InChI is InChI=1S/C15H17NO2/c1-3-4-5-12-8-11-6-7-16-9-13(11)15(18)14(12)10(2)17/h6-9,18H,3-5H2,1-2H3. The predicted octanol–water partition coefficient (Wildman–Crippen LogP) is 3.49. The minimum Gasteiger partial charge on any atom is -0.506 e. The number of rotatable bonds is 4. The Balaban J connectivity index is 2.67. The molecule has 1 aromatic carbocycles. The maximum atomic E-state index is 11.7. The lowest BCUT2D eigenvalue weighted by Gasteiger charge is -2.11. The third-order valence-corrected chi connectivity index (χ3v) is 3.15. The van der Waals surface area contributed by atoms with Gasteiger partial charge in [0, 0.05) is 17.8 Å². The molecule has 3 nitrogen and oxygen atoms in total. The third-order valence-electron chi connectivity index (χ3n) is 3.15. The van der Waals surface area contributed by atoms with Crippen LogP contribution in [0.5, 0.6) is 5.75 Å². The quantitative estimate of drug-likeness (QED) is 0.836. The number of unbranched alkanes of at least 4 members (excludes halogenated alkanes) is 1. The van der Waals surface area contributed by atoms with Gasteiger partial charge in [-0.1, -0.05) is 19.4 Å². The highest BCUT2D eigenvalue weighted by Gasteiger charge is 2.16. The van der Waals surface area contributed by atoms with Gasteiger partial charge in [0.05, 0.1) is 5.56 Å². The van der Waals surface area contributed by atoms with Crippen LogP contribution < -0.4 is 0 Å². The number of benzene rings is 1. The lowest BCUT2D eigenvalue weighted by atomic mass is 9.95. The van der Waals surface area contributed by atoms with Crippen LogP contribution in [-0.2, 0) is 6.42 Å². The second kappa shape index (κ2) is 5.17. The molecule has 2 aromatic rings. The first-order valence-corrected chi connectivity index (χ1v) is 6.24. The monoisotopic (exact) mass is 243 g/mol. The van der Waals surface area contributed by atoms with Crippen LogP contribution in [0.2, 0.25) is 0 Å². The summed E-state index contributed by atoms with van der Waals surface area (Å²) in [5, 5.41) is 11.8. The molecule has 0 aliphatic heterocycles. The van der Waals surface area contributed by atoms with E-state index in [0.29, 0.717) is 10.9 Å². The molecule has 2 rings (SSSR count). The van der Waals surface area contributed by atoms with Crippen molar-refractivity contribution in [3.05, 3.63) is 35.7 Å². The molecule has 1 N–H and O–H groups in total. The molecule has 0 saturated carbocycles. The lowest BCUT2D eigenvalue weighted by molar-refractivity contribution is 0.101. The van der Waals surface area contributed by atoms with Gasteiger partial charge in [0.25, 0.3) is 0 Å². The normalized spacial score (nSPS) is 10.8. The summed E-state index contributed by atoms with van der Waals surface area (Å²) in [5.41, 5.74) is 1.38. The molecule has 94 valence electrons. The molecule has 0 atom stereocenters. The number of pyridine rings is 1. The summed E-state index contributed by atoms with van der Waals surface area (Å²) in [5.74, 6) is -0.0245. The number of nitrogens with zero attached hydrogens (tertiary/aromatic N) is 1. The summed E-state index contributed by atoms with van der Waals surface area (Å²) < 4.78 is 0. The molecule has 0 aliphatic carbocycles. The largest absolute Gasteiger partial charge is 0.506 e. The Bertz CT molecular complexity index is 590. The first-order valence-electron chi connectivity index (χ1n) is 6.24. The van der Waals surface area contributed by atoms with Gasteiger partial charge in [-0.2, -0.15) is 0 Å². The van der Waals surface area contributed by atoms with Gasteiger partial charge in [-0.15, -0.1) is 0 Å². The van der Waals surface area contributed by atoms with E-state index in [1.54, 1.807) is 12.4 Å². The zero-order valence-corrected chi connectivity index (χ0v) is 10.7. The minimum atomic E-state index is -0.0932. The zero-order valence-electron chi connectivity index (χ0n) is 10.7. The molecule has 0 saturated heterocycles.